The van der Waals surface area contributed by atoms with Crippen LogP contribution >= 0.6 is 11.6 Å². The summed E-state index contributed by atoms with van der Waals surface area (Å²) in [4.78, 5) is 10.6. The molecule has 1 rings (SSSR count). The van der Waals surface area contributed by atoms with Gasteiger partial charge in [-0.15, -0.1) is 11.6 Å². The van der Waals surface area contributed by atoms with E-state index in [9.17, 15) is 4.79 Å². The highest BCUT2D eigenvalue weighted by molar-refractivity contribution is 6.21. The van der Waals surface area contributed by atoms with Gasteiger partial charge in [0.1, 0.15) is 0 Å². The smallest absolute Gasteiger partial charge is 0.335 e. The first-order chi connectivity index (χ1) is 6.52. The molecule has 0 spiro atoms. The largest absolute Gasteiger partial charge is 0.478 e. The summed E-state index contributed by atoms with van der Waals surface area (Å²) in [6.45, 7) is 4.06. The quantitative estimate of drug-likeness (QED) is 0.781. The van der Waals surface area contributed by atoms with Crippen LogP contribution in [0.5, 0.6) is 0 Å². The van der Waals surface area contributed by atoms with Gasteiger partial charge in [-0.1, -0.05) is 26.0 Å². The van der Waals surface area contributed by atoms with Gasteiger partial charge in [0, 0.05) is 0 Å². The Morgan fingerprint density at radius 1 is 1.29 bits per heavy atom. The molecular weight excluding hydrogens is 200 g/mol. The summed E-state index contributed by atoms with van der Waals surface area (Å²) in [6, 6.07) is 6.69. The molecule has 0 aliphatic heterocycles. The Kier molecular flexibility index (Phi) is 3.53. The summed E-state index contributed by atoms with van der Waals surface area (Å²) in [5.74, 6) is -0.570. The molecule has 0 aliphatic rings. The highest BCUT2D eigenvalue weighted by Crippen LogP contribution is 2.28. The molecule has 0 aromatic heterocycles. The van der Waals surface area contributed by atoms with Gasteiger partial charge >= 0.3 is 5.97 Å². The second kappa shape index (κ2) is 4.47. The Bertz CT molecular complexity index is 317. The number of carbonyl (C=O) groups is 1. The molecule has 0 aliphatic carbocycles. The zero-order valence-corrected chi connectivity index (χ0v) is 8.95. The topological polar surface area (TPSA) is 37.3 Å². The highest BCUT2D eigenvalue weighted by atomic mass is 35.5. The first-order valence-electron chi connectivity index (χ1n) is 4.49. The molecule has 1 N–H and O–H groups in total. The summed E-state index contributed by atoms with van der Waals surface area (Å²) in [5.41, 5.74) is 1.26. The van der Waals surface area contributed by atoms with Crippen LogP contribution in [0, 0.1) is 5.92 Å². The lowest BCUT2D eigenvalue weighted by atomic mass is 10.0. The summed E-state index contributed by atoms with van der Waals surface area (Å²) < 4.78 is 0. The average Bonchev–Trinajstić information content (AvgIpc) is 2.16. The molecule has 1 aromatic rings. The second-order valence-corrected chi connectivity index (χ2v) is 4.04. The molecule has 0 saturated heterocycles. The van der Waals surface area contributed by atoms with Crippen LogP contribution in [0.15, 0.2) is 24.3 Å². The van der Waals surface area contributed by atoms with Crippen LogP contribution in [0.2, 0.25) is 0 Å². The Labute approximate surface area is 88.5 Å². The average molecular weight is 213 g/mol. The van der Waals surface area contributed by atoms with Crippen LogP contribution in [0.3, 0.4) is 0 Å². The fourth-order valence-electron chi connectivity index (χ4n) is 1.19. The third kappa shape index (κ3) is 2.48. The lowest BCUT2D eigenvalue weighted by molar-refractivity contribution is 0.0697. The number of halogens is 1. The van der Waals surface area contributed by atoms with E-state index >= 15 is 0 Å². The van der Waals surface area contributed by atoms with Crippen molar-refractivity contribution < 1.29 is 9.90 Å². The molecular formula is C11H13ClO2. The fourth-order valence-corrected chi connectivity index (χ4v) is 1.34. The van der Waals surface area contributed by atoms with Gasteiger partial charge < -0.3 is 5.11 Å². The van der Waals surface area contributed by atoms with Crippen molar-refractivity contribution in [3.63, 3.8) is 0 Å². The van der Waals surface area contributed by atoms with E-state index in [1.165, 1.54) is 0 Å². The second-order valence-electron chi connectivity index (χ2n) is 3.57. The maximum Gasteiger partial charge on any atom is 0.335 e. The molecule has 76 valence electrons. The SMILES string of the molecule is CC(C)C(Cl)c1ccc(C(=O)O)cc1. The zero-order chi connectivity index (χ0) is 10.7. The molecule has 1 atom stereocenters. The summed E-state index contributed by atoms with van der Waals surface area (Å²) in [5, 5.41) is 8.63. The van der Waals surface area contributed by atoms with Crippen molar-refractivity contribution in [3.05, 3.63) is 35.4 Å². The van der Waals surface area contributed by atoms with Gasteiger partial charge in [0.15, 0.2) is 0 Å². The Morgan fingerprint density at radius 3 is 2.14 bits per heavy atom. The van der Waals surface area contributed by atoms with E-state index in [1.54, 1.807) is 24.3 Å². The third-order valence-corrected chi connectivity index (χ3v) is 2.82. The van der Waals surface area contributed by atoms with Crippen molar-refractivity contribution in [2.24, 2.45) is 5.92 Å². The lowest BCUT2D eigenvalue weighted by Crippen LogP contribution is -2.01. The van der Waals surface area contributed by atoms with Gasteiger partial charge in [0.25, 0.3) is 0 Å². The number of carboxylic acid groups (broad SMARTS) is 1. The molecule has 0 radical (unpaired) electrons. The number of carboxylic acids is 1. The molecule has 0 fully saturated rings. The van der Waals surface area contributed by atoms with Crippen LogP contribution in [0.1, 0.15) is 35.1 Å². The Morgan fingerprint density at radius 2 is 1.79 bits per heavy atom. The minimum Gasteiger partial charge on any atom is -0.478 e. The summed E-state index contributed by atoms with van der Waals surface area (Å²) >= 11 is 6.13. The first kappa shape index (κ1) is 11.1. The monoisotopic (exact) mass is 212 g/mol. The number of hydrogen-bond acceptors (Lipinski definition) is 1. The summed E-state index contributed by atoms with van der Waals surface area (Å²) in [7, 11) is 0. The molecule has 2 nitrogen and oxygen atoms in total. The Hall–Kier alpha value is -1.02. The van der Waals surface area contributed by atoms with E-state index in [-0.39, 0.29) is 5.38 Å². The van der Waals surface area contributed by atoms with E-state index in [4.69, 9.17) is 16.7 Å². The lowest BCUT2D eigenvalue weighted by Gasteiger charge is -2.13. The van der Waals surface area contributed by atoms with E-state index in [1.807, 2.05) is 13.8 Å². The number of benzene rings is 1. The molecule has 1 aromatic carbocycles. The molecule has 1 unspecified atom stereocenters. The van der Waals surface area contributed by atoms with Crippen molar-refractivity contribution in [1.29, 1.82) is 0 Å². The van der Waals surface area contributed by atoms with E-state index in [0.29, 0.717) is 11.5 Å². The van der Waals surface area contributed by atoms with Gasteiger partial charge in [-0.2, -0.15) is 0 Å². The van der Waals surface area contributed by atoms with Crippen LogP contribution in [0.4, 0.5) is 0 Å². The third-order valence-electron chi connectivity index (χ3n) is 2.06. The van der Waals surface area contributed by atoms with E-state index < -0.39 is 5.97 Å². The zero-order valence-electron chi connectivity index (χ0n) is 8.20. The van der Waals surface area contributed by atoms with Crippen LogP contribution in [0.25, 0.3) is 0 Å². The Balaban J connectivity index is 2.88. The molecule has 0 heterocycles. The highest BCUT2D eigenvalue weighted by Gasteiger charge is 2.12. The van der Waals surface area contributed by atoms with Crippen LogP contribution in [-0.2, 0) is 0 Å². The fraction of sp³-hybridized carbons (Fsp3) is 0.364. The van der Waals surface area contributed by atoms with Gasteiger partial charge in [-0.3, -0.25) is 0 Å². The van der Waals surface area contributed by atoms with Gasteiger partial charge in [-0.05, 0) is 23.6 Å². The van der Waals surface area contributed by atoms with Gasteiger partial charge in [-0.25, -0.2) is 4.79 Å². The minimum absolute atomic E-state index is 0.0576. The molecule has 0 bridgehead atoms. The van der Waals surface area contributed by atoms with E-state index in [2.05, 4.69) is 0 Å². The summed E-state index contributed by atoms with van der Waals surface area (Å²) in [6.07, 6.45) is 0. The van der Waals surface area contributed by atoms with Crippen molar-refractivity contribution in [1.82, 2.24) is 0 Å². The predicted octanol–water partition coefficient (Wildman–Crippen LogP) is 3.32. The van der Waals surface area contributed by atoms with Crippen molar-refractivity contribution >= 4 is 17.6 Å². The number of rotatable bonds is 3. The molecule has 14 heavy (non-hydrogen) atoms. The predicted molar refractivity (Wildman–Crippen MR) is 56.8 cm³/mol. The van der Waals surface area contributed by atoms with Crippen LogP contribution in [-0.4, -0.2) is 11.1 Å². The van der Waals surface area contributed by atoms with Gasteiger partial charge in [0.2, 0.25) is 0 Å². The van der Waals surface area contributed by atoms with Crippen molar-refractivity contribution in [2.45, 2.75) is 19.2 Å². The number of alkyl halides is 1. The maximum absolute atomic E-state index is 10.6. The van der Waals surface area contributed by atoms with Crippen molar-refractivity contribution in [2.75, 3.05) is 0 Å². The minimum atomic E-state index is -0.910. The van der Waals surface area contributed by atoms with Gasteiger partial charge in [0.05, 0.1) is 10.9 Å². The first-order valence-corrected chi connectivity index (χ1v) is 4.93. The standard InChI is InChI=1S/C11H13ClO2/c1-7(2)10(12)8-3-5-9(6-4-8)11(13)14/h3-7,10H,1-2H3,(H,13,14). The van der Waals surface area contributed by atoms with Crippen LogP contribution < -0.4 is 0 Å². The maximum atomic E-state index is 10.6. The molecule has 3 heteroatoms. The van der Waals surface area contributed by atoms with Crippen molar-refractivity contribution in [3.8, 4) is 0 Å². The molecule has 0 saturated carbocycles. The van der Waals surface area contributed by atoms with E-state index in [0.717, 1.165) is 5.56 Å². The number of hydrogen-bond donors (Lipinski definition) is 1. The normalized spacial score (nSPS) is 12.9. The number of aromatic carboxylic acids is 1. The molecule has 0 amide bonds.